The highest BCUT2D eigenvalue weighted by Crippen LogP contribution is 2.29. The Balaban J connectivity index is 2.00. The maximum Gasteiger partial charge on any atom is 0.262 e. The number of imide groups is 2. The molecule has 1 aromatic carbocycles. The number of carbonyl (C=O) groups excluding carboxylic acids is 4. The number of carbonyl (C=O) groups is 4. The van der Waals surface area contributed by atoms with Crippen LogP contribution in [0.3, 0.4) is 0 Å². The Morgan fingerprint density at radius 3 is 2.62 bits per heavy atom. The summed E-state index contributed by atoms with van der Waals surface area (Å²) in [4.78, 5) is 49.1. The largest absolute Gasteiger partial charge is 0.295 e. The summed E-state index contributed by atoms with van der Waals surface area (Å²) < 4.78 is 0. The molecule has 2 heterocycles. The lowest BCUT2D eigenvalue weighted by atomic mass is 10.0. The van der Waals surface area contributed by atoms with Gasteiger partial charge in [-0.1, -0.05) is 19.1 Å². The first-order valence-corrected chi connectivity index (χ1v) is 6.88. The van der Waals surface area contributed by atoms with Gasteiger partial charge in [0.2, 0.25) is 11.8 Å². The van der Waals surface area contributed by atoms with Crippen LogP contribution in [0.1, 0.15) is 46.0 Å². The van der Waals surface area contributed by atoms with Gasteiger partial charge in [0.1, 0.15) is 6.04 Å². The molecule has 21 heavy (non-hydrogen) atoms. The van der Waals surface area contributed by atoms with Crippen molar-refractivity contribution in [2.45, 2.75) is 32.2 Å². The number of benzene rings is 1. The maximum atomic E-state index is 12.6. The predicted octanol–water partition coefficient (Wildman–Crippen LogP) is 0.650. The van der Waals surface area contributed by atoms with E-state index < -0.39 is 23.8 Å². The van der Waals surface area contributed by atoms with E-state index in [9.17, 15) is 19.2 Å². The molecule has 6 nitrogen and oxygen atoms in total. The molecule has 1 aromatic rings. The molecule has 3 rings (SSSR count). The quantitative estimate of drug-likeness (QED) is 0.809. The number of aryl methyl sites for hydroxylation is 1. The van der Waals surface area contributed by atoms with Crippen molar-refractivity contribution in [3.8, 4) is 0 Å². The number of nitrogens with zero attached hydrogens (tertiary/aromatic N) is 1. The first kappa shape index (κ1) is 13.5. The minimum absolute atomic E-state index is 0.129. The number of rotatable bonds is 2. The molecule has 1 N–H and O–H groups in total. The molecule has 2 aliphatic rings. The summed E-state index contributed by atoms with van der Waals surface area (Å²) in [5.41, 5.74) is 1.51. The lowest BCUT2D eigenvalue weighted by Crippen LogP contribution is -2.54. The third-order valence-corrected chi connectivity index (χ3v) is 3.94. The molecule has 2 aliphatic heterocycles. The monoisotopic (exact) mass is 286 g/mol. The van der Waals surface area contributed by atoms with Crippen LogP contribution in [-0.2, 0) is 16.0 Å². The van der Waals surface area contributed by atoms with E-state index in [4.69, 9.17) is 0 Å². The second kappa shape index (κ2) is 4.80. The number of hydrogen-bond acceptors (Lipinski definition) is 4. The summed E-state index contributed by atoms with van der Waals surface area (Å²) in [5.74, 6) is -1.86. The molecule has 1 fully saturated rings. The van der Waals surface area contributed by atoms with Crippen molar-refractivity contribution in [1.29, 1.82) is 0 Å². The van der Waals surface area contributed by atoms with Gasteiger partial charge in [-0.15, -0.1) is 0 Å². The lowest BCUT2D eigenvalue weighted by molar-refractivity contribution is -0.136. The summed E-state index contributed by atoms with van der Waals surface area (Å²) in [6, 6.07) is 4.23. The maximum absolute atomic E-state index is 12.6. The molecule has 1 saturated heterocycles. The number of amides is 4. The van der Waals surface area contributed by atoms with E-state index in [1.807, 2.05) is 6.92 Å². The van der Waals surface area contributed by atoms with E-state index in [0.29, 0.717) is 17.5 Å². The molecular weight excluding hydrogens is 272 g/mol. The minimum atomic E-state index is -0.903. The van der Waals surface area contributed by atoms with Crippen molar-refractivity contribution in [3.63, 3.8) is 0 Å². The molecule has 108 valence electrons. The zero-order chi connectivity index (χ0) is 15.1. The Morgan fingerprint density at radius 2 is 1.95 bits per heavy atom. The number of nitrogens with one attached hydrogen (secondary N) is 1. The molecule has 6 heteroatoms. The van der Waals surface area contributed by atoms with Crippen LogP contribution >= 0.6 is 0 Å². The zero-order valence-corrected chi connectivity index (χ0v) is 11.5. The van der Waals surface area contributed by atoms with Crippen LogP contribution in [0.15, 0.2) is 18.2 Å². The molecule has 0 saturated carbocycles. The highest BCUT2D eigenvalue weighted by Gasteiger charge is 2.45. The van der Waals surface area contributed by atoms with Gasteiger partial charge >= 0.3 is 0 Å². The average Bonchev–Trinajstić information content (AvgIpc) is 2.72. The molecule has 0 unspecified atom stereocenters. The van der Waals surface area contributed by atoms with Gasteiger partial charge in [0.25, 0.3) is 11.8 Å². The number of piperidine rings is 1. The van der Waals surface area contributed by atoms with E-state index in [2.05, 4.69) is 5.32 Å². The fraction of sp³-hybridized carbons (Fsp3) is 0.333. The Morgan fingerprint density at radius 1 is 1.19 bits per heavy atom. The lowest BCUT2D eigenvalue weighted by Gasteiger charge is -2.27. The Kier molecular flexibility index (Phi) is 3.08. The Bertz CT molecular complexity index is 680. The molecule has 0 aromatic heterocycles. The SMILES string of the molecule is CCc1cccc2c1C(=O)N([C@H]1CCC(=O)NC1=O)C2=O. The third kappa shape index (κ3) is 1.94. The van der Waals surface area contributed by atoms with Crippen molar-refractivity contribution in [2.24, 2.45) is 0 Å². The van der Waals surface area contributed by atoms with Gasteiger partial charge in [-0.05, 0) is 24.5 Å². The second-order valence-corrected chi connectivity index (χ2v) is 5.14. The van der Waals surface area contributed by atoms with E-state index in [0.717, 1.165) is 10.5 Å². The van der Waals surface area contributed by atoms with Crippen molar-refractivity contribution >= 4 is 23.6 Å². The molecule has 0 radical (unpaired) electrons. The molecule has 4 amide bonds. The van der Waals surface area contributed by atoms with Gasteiger partial charge in [-0.3, -0.25) is 29.4 Å². The summed E-state index contributed by atoms with van der Waals surface area (Å²) in [6.07, 6.45) is 0.938. The predicted molar refractivity (Wildman–Crippen MR) is 72.5 cm³/mol. The topological polar surface area (TPSA) is 83.6 Å². The summed E-state index contributed by atoms with van der Waals surface area (Å²) in [7, 11) is 0. The highest BCUT2D eigenvalue weighted by atomic mass is 16.2. The zero-order valence-electron chi connectivity index (χ0n) is 11.5. The van der Waals surface area contributed by atoms with Crippen molar-refractivity contribution in [3.05, 3.63) is 34.9 Å². The van der Waals surface area contributed by atoms with Crippen LogP contribution in [0.5, 0.6) is 0 Å². The Hall–Kier alpha value is -2.50. The van der Waals surface area contributed by atoms with E-state index in [1.165, 1.54) is 0 Å². The van der Waals surface area contributed by atoms with E-state index >= 15 is 0 Å². The fourth-order valence-electron chi connectivity index (χ4n) is 2.88. The van der Waals surface area contributed by atoms with E-state index in [-0.39, 0.29) is 18.7 Å². The average molecular weight is 286 g/mol. The molecular formula is C15H14N2O4. The summed E-state index contributed by atoms with van der Waals surface area (Å²) in [6.45, 7) is 1.90. The smallest absolute Gasteiger partial charge is 0.262 e. The van der Waals surface area contributed by atoms with E-state index in [1.54, 1.807) is 18.2 Å². The van der Waals surface area contributed by atoms with Crippen LogP contribution < -0.4 is 5.32 Å². The second-order valence-electron chi connectivity index (χ2n) is 5.14. The van der Waals surface area contributed by atoms with Gasteiger partial charge in [-0.25, -0.2) is 0 Å². The first-order valence-electron chi connectivity index (χ1n) is 6.88. The summed E-state index contributed by atoms with van der Waals surface area (Å²) in [5, 5.41) is 2.18. The number of hydrogen-bond donors (Lipinski definition) is 1. The summed E-state index contributed by atoms with van der Waals surface area (Å²) >= 11 is 0. The standard InChI is InChI=1S/C15H14N2O4/c1-2-8-4-3-5-9-12(8)15(21)17(14(9)20)10-6-7-11(18)16-13(10)19/h3-5,10H,2,6-7H2,1H3,(H,16,18,19)/t10-/m0/s1. The minimum Gasteiger partial charge on any atom is -0.295 e. The first-order chi connectivity index (χ1) is 10.0. The number of fused-ring (bicyclic) bond motifs is 1. The molecule has 0 spiro atoms. The normalized spacial score (nSPS) is 21.6. The van der Waals surface area contributed by atoms with Crippen molar-refractivity contribution in [2.75, 3.05) is 0 Å². The van der Waals surface area contributed by atoms with Crippen molar-refractivity contribution < 1.29 is 19.2 Å². The van der Waals surface area contributed by atoms with Gasteiger partial charge in [-0.2, -0.15) is 0 Å². The molecule has 1 atom stereocenters. The van der Waals surface area contributed by atoms with Gasteiger partial charge in [0, 0.05) is 6.42 Å². The van der Waals surface area contributed by atoms with Gasteiger partial charge in [0.15, 0.2) is 0 Å². The van der Waals surface area contributed by atoms with Crippen LogP contribution in [0.4, 0.5) is 0 Å². The third-order valence-electron chi connectivity index (χ3n) is 3.94. The Labute approximate surface area is 121 Å². The van der Waals surface area contributed by atoms with Crippen molar-refractivity contribution in [1.82, 2.24) is 10.2 Å². The van der Waals surface area contributed by atoms with Crippen LogP contribution in [0.2, 0.25) is 0 Å². The van der Waals surface area contributed by atoms with Crippen LogP contribution in [0, 0.1) is 0 Å². The highest BCUT2D eigenvalue weighted by molar-refractivity contribution is 6.24. The fourth-order valence-corrected chi connectivity index (χ4v) is 2.88. The van der Waals surface area contributed by atoms with Gasteiger partial charge < -0.3 is 0 Å². The van der Waals surface area contributed by atoms with Crippen LogP contribution in [-0.4, -0.2) is 34.6 Å². The molecule has 0 bridgehead atoms. The molecule has 0 aliphatic carbocycles. The van der Waals surface area contributed by atoms with Gasteiger partial charge in [0.05, 0.1) is 11.1 Å². The van der Waals surface area contributed by atoms with Crippen LogP contribution in [0.25, 0.3) is 0 Å².